The minimum atomic E-state index is -2.14. The zero-order valence-electron chi connectivity index (χ0n) is 16.0. The van der Waals surface area contributed by atoms with Crippen molar-refractivity contribution < 1.29 is 26.3 Å². The molecule has 0 atom stereocenters. The van der Waals surface area contributed by atoms with Crippen molar-refractivity contribution in [3.8, 4) is 0 Å². The van der Waals surface area contributed by atoms with Crippen LogP contribution < -0.4 is 32.9 Å². The van der Waals surface area contributed by atoms with Gasteiger partial charge in [0.1, 0.15) is 33.9 Å². The first-order valence-electron chi connectivity index (χ1n) is 9.19. The third kappa shape index (κ3) is 4.28. The van der Waals surface area contributed by atoms with E-state index < -0.39 is 12.2 Å². The van der Waals surface area contributed by atoms with Gasteiger partial charge < -0.3 is 21.4 Å². The van der Waals surface area contributed by atoms with E-state index in [0.717, 1.165) is 0 Å². The molecule has 4 rings (SSSR count). The van der Waals surface area contributed by atoms with Gasteiger partial charge in [0.2, 0.25) is 0 Å². The van der Waals surface area contributed by atoms with Crippen LogP contribution in [0, 0.1) is 10.1 Å². The van der Waals surface area contributed by atoms with Gasteiger partial charge in [-0.2, -0.15) is 0 Å². The minimum Gasteiger partial charge on any atom is -1.00 e. The quantitative estimate of drug-likeness (QED) is 0.242. The van der Waals surface area contributed by atoms with Gasteiger partial charge in [-0.05, 0) is 42.5 Å². The molecule has 0 amide bonds. The molecule has 4 aromatic rings. The third-order valence-corrected chi connectivity index (χ3v) is 8.68. The molecule has 0 aliphatic carbocycles. The van der Waals surface area contributed by atoms with Crippen molar-refractivity contribution in [3.63, 3.8) is 0 Å². The van der Waals surface area contributed by atoms with Crippen LogP contribution in [0.25, 0.3) is 6.08 Å². The van der Waals surface area contributed by atoms with Crippen molar-refractivity contribution in [2.45, 2.75) is 0 Å². The smallest absolute Gasteiger partial charge is 0.433 e. The Morgan fingerprint density at radius 2 is 1.13 bits per heavy atom. The zero-order chi connectivity index (χ0) is 20.1. The highest BCUT2D eigenvalue weighted by Gasteiger charge is 2.43. The van der Waals surface area contributed by atoms with Crippen molar-refractivity contribution in [1.29, 1.82) is 0 Å². The first-order chi connectivity index (χ1) is 14.2. The van der Waals surface area contributed by atoms with Crippen LogP contribution in [0.15, 0.2) is 113 Å². The standard InChI is InChI=1S/C24H19NO3P.BrH/c26-25(27)24-17-16-20(28-24)18-19-29(21-10-4-1-5-11-21,22-12-6-2-7-13-22)23-14-8-3-9-15-23;/h1-19H;1H/q+1;/p-1/b19-18+;. The summed E-state index contributed by atoms with van der Waals surface area (Å²) in [6.45, 7) is 0. The molecule has 0 aliphatic rings. The summed E-state index contributed by atoms with van der Waals surface area (Å²) < 4.78 is 5.38. The number of halogens is 1. The summed E-state index contributed by atoms with van der Waals surface area (Å²) in [5.74, 6) is 2.37. The van der Waals surface area contributed by atoms with Crippen molar-refractivity contribution in [3.05, 3.63) is 125 Å². The maximum Gasteiger partial charge on any atom is 0.433 e. The van der Waals surface area contributed by atoms with Gasteiger partial charge in [0.25, 0.3) is 0 Å². The molecule has 0 spiro atoms. The molecule has 3 aromatic carbocycles. The van der Waals surface area contributed by atoms with Crippen molar-refractivity contribution >= 4 is 35.1 Å². The van der Waals surface area contributed by atoms with Crippen molar-refractivity contribution in [2.24, 2.45) is 0 Å². The lowest BCUT2D eigenvalue weighted by atomic mass is 10.4. The van der Waals surface area contributed by atoms with E-state index in [0.29, 0.717) is 5.76 Å². The van der Waals surface area contributed by atoms with Crippen LogP contribution in [0.5, 0.6) is 0 Å². The third-order valence-electron chi connectivity index (χ3n) is 4.75. The van der Waals surface area contributed by atoms with E-state index in [1.54, 1.807) is 6.07 Å². The van der Waals surface area contributed by atoms with Gasteiger partial charge in [0, 0.05) is 6.08 Å². The van der Waals surface area contributed by atoms with Gasteiger partial charge in [-0.3, -0.25) is 10.1 Å². The molecule has 1 heterocycles. The summed E-state index contributed by atoms with van der Waals surface area (Å²) in [6.07, 6.45) is 1.85. The first kappa shape index (κ1) is 21.7. The van der Waals surface area contributed by atoms with Gasteiger partial charge in [-0.25, -0.2) is 0 Å². The summed E-state index contributed by atoms with van der Waals surface area (Å²) >= 11 is 0. The normalized spacial score (nSPS) is 11.2. The molecule has 4 nitrogen and oxygen atoms in total. The Bertz CT molecular complexity index is 1030. The minimum absolute atomic E-state index is 0. The number of furan rings is 1. The summed E-state index contributed by atoms with van der Waals surface area (Å²) in [4.78, 5) is 10.5. The van der Waals surface area contributed by atoms with E-state index in [2.05, 4.69) is 42.2 Å². The summed E-state index contributed by atoms with van der Waals surface area (Å²) in [5.41, 5.74) is 0. The fraction of sp³-hybridized carbons (Fsp3) is 0. The molecule has 30 heavy (non-hydrogen) atoms. The van der Waals surface area contributed by atoms with Crippen LogP contribution in [0.2, 0.25) is 0 Å². The number of rotatable bonds is 6. The molecule has 0 aliphatic heterocycles. The second kappa shape index (κ2) is 9.66. The van der Waals surface area contributed by atoms with E-state index >= 15 is 0 Å². The number of nitrogens with zero attached hydrogens (tertiary/aromatic N) is 1. The average Bonchev–Trinajstić information content (AvgIpc) is 3.26. The van der Waals surface area contributed by atoms with Crippen LogP contribution in [-0.4, -0.2) is 4.92 Å². The fourth-order valence-corrected chi connectivity index (χ4v) is 7.12. The molecule has 0 saturated heterocycles. The predicted octanol–water partition coefficient (Wildman–Crippen LogP) is 2.16. The number of nitro groups is 1. The Balaban J connectivity index is 0.00000256. The van der Waals surface area contributed by atoms with E-state index in [1.807, 2.05) is 60.7 Å². The lowest BCUT2D eigenvalue weighted by Crippen LogP contribution is -3.00. The van der Waals surface area contributed by atoms with E-state index in [4.69, 9.17) is 4.42 Å². The average molecular weight is 480 g/mol. The molecule has 0 saturated carbocycles. The molecule has 0 fully saturated rings. The topological polar surface area (TPSA) is 56.3 Å². The molecule has 0 radical (unpaired) electrons. The Labute approximate surface area is 186 Å². The van der Waals surface area contributed by atoms with E-state index in [1.165, 1.54) is 22.0 Å². The Morgan fingerprint density at radius 3 is 1.50 bits per heavy atom. The van der Waals surface area contributed by atoms with Gasteiger partial charge in [0.05, 0.1) is 11.9 Å². The maximum absolute atomic E-state index is 11.0. The predicted molar refractivity (Wildman–Crippen MR) is 120 cm³/mol. The SMILES string of the molecule is O=[N+]([O-])c1ccc(/C=C/[P+](c2ccccc2)(c2ccccc2)c2ccccc2)o1.[Br-]. The monoisotopic (exact) mass is 479 g/mol. The van der Waals surface area contributed by atoms with Crippen molar-refractivity contribution in [2.75, 3.05) is 0 Å². The molecule has 1 aromatic heterocycles. The summed E-state index contributed by atoms with van der Waals surface area (Å²) in [6, 6.07) is 34.1. The Hall–Kier alpha value is -3.01. The highest BCUT2D eigenvalue weighted by atomic mass is 79.9. The number of hydrogen-bond acceptors (Lipinski definition) is 3. The lowest BCUT2D eigenvalue weighted by Gasteiger charge is -2.23. The summed E-state index contributed by atoms with van der Waals surface area (Å²) in [5, 5.41) is 14.6. The maximum atomic E-state index is 11.0. The largest absolute Gasteiger partial charge is 1.00 e. The van der Waals surface area contributed by atoms with Gasteiger partial charge in [-0.15, -0.1) is 0 Å². The summed E-state index contributed by atoms with van der Waals surface area (Å²) in [7, 11) is -2.14. The zero-order valence-corrected chi connectivity index (χ0v) is 18.4. The Kier molecular flexibility index (Phi) is 6.99. The van der Waals surface area contributed by atoms with Gasteiger partial charge in [-0.1, -0.05) is 54.6 Å². The fourth-order valence-electron chi connectivity index (χ4n) is 3.41. The van der Waals surface area contributed by atoms with E-state index in [9.17, 15) is 10.1 Å². The van der Waals surface area contributed by atoms with Crippen LogP contribution in [0.1, 0.15) is 5.76 Å². The number of benzene rings is 3. The number of hydrogen-bond donors (Lipinski definition) is 0. The second-order valence-electron chi connectivity index (χ2n) is 6.48. The highest BCUT2D eigenvalue weighted by Crippen LogP contribution is 2.57. The van der Waals surface area contributed by atoms with Gasteiger partial charge in [0.15, 0.2) is 0 Å². The first-order valence-corrected chi connectivity index (χ1v) is 11.0. The van der Waals surface area contributed by atoms with Crippen LogP contribution in [0.3, 0.4) is 0 Å². The van der Waals surface area contributed by atoms with Crippen molar-refractivity contribution in [1.82, 2.24) is 0 Å². The molecule has 0 N–H and O–H groups in total. The van der Waals surface area contributed by atoms with Gasteiger partial charge >= 0.3 is 5.88 Å². The van der Waals surface area contributed by atoms with E-state index in [-0.39, 0.29) is 22.9 Å². The molecular formula is C24H19BrNO3P. The molecule has 150 valence electrons. The molecule has 6 heteroatoms. The van der Waals surface area contributed by atoms with Crippen LogP contribution in [-0.2, 0) is 0 Å². The highest BCUT2D eigenvalue weighted by molar-refractivity contribution is 7.98. The lowest BCUT2D eigenvalue weighted by molar-refractivity contribution is -0.402. The Morgan fingerprint density at radius 1 is 0.700 bits per heavy atom. The van der Waals surface area contributed by atoms with Crippen LogP contribution in [0.4, 0.5) is 5.88 Å². The second-order valence-corrected chi connectivity index (χ2v) is 9.77. The molecular weight excluding hydrogens is 461 g/mol. The molecule has 0 bridgehead atoms. The molecule has 0 unspecified atom stereocenters. The van der Waals surface area contributed by atoms with Crippen LogP contribution >= 0.6 is 7.26 Å².